The Balaban J connectivity index is 1.50. The molecule has 3 atom stereocenters. The summed E-state index contributed by atoms with van der Waals surface area (Å²) in [6, 6.07) is 3.52. The van der Waals surface area contributed by atoms with Gasteiger partial charge in [0.05, 0.1) is 15.6 Å². The number of β-amino-alcohol motifs (C(OH)–C–C–N with tert-alkyl or cyclic N) is 1. The van der Waals surface area contributed by atoms with Gasteiger partial charge in [-0.1, -0.05) is 0 Å². The predicted molar refractivity (Wildman–Crippen MR) is 118 cm³/mol. The number of aromatic nitrogens is 2. The highest BCUT2D eigenvalue weighted by molar-refractivity contribution is 9.10. The van der Waals surface area contributed by atoms with E-state index in [4.69, 9.17) is 4.74 Å². The summed E-state index contributed by atoms with van der Waals surface area (Å²) >= 11 is 3.24. The van der Waals surface area contributed by atoms with Gasteiger partial charge in [0.15, 0.2) is 5.82 Å². The lowest BCUT2D eigenvalue weighted by molar-refractivity contribution is 0.0447. The number of alkyl halides is 1. The lowest BCUT2D eigenvalue weighted by Crippen LogP contribution is -2.46. The molecule has 168 valence electrons. The number of nitrogens with zero attached hydrogens (tertiary/aromatic N) is 4. The van der Waals surface area contributed by atoms with Crippen LogP contribution in [0.1, 0.15) is 39.0 Å². The average molecular weight is 497 g/mol. The second kappa shape index (κ2) is 7.78. The van der Waals surface area contributed by atoms with E-state index in [1.165, 1.54) is 0 Å². The van der Waals surface area contributed by atoms with Gasteiger partial charge in [0.2, 0.25) is 0 Å². The largest absolute Gasteiger partial charge is 0.461 e. The van der Waals surface area contributed by atoms with Crippen LogP contribution in [-0.2, 0) is 0 Å². The van der Waals surface area contributed by atoms with Crippen molar-refractivity contribution in [3.63, 3.8) is 0 Å². The minimum atomic E-state index is -0.846. The van der Waals surface area contributed by atoms with Crippen LogP contribution < -0.4 is 9.64 Å². The zero-order valence-electron chi connectivity index (χ0n) is 17.6. The van der Waals surface area contributed by atoms with Crippen LogP contribution in [0.4, 0.5) is 14.6 Å². The molecule has 3 fully saturated rings. The SMILES string of the molecule is C[C@@]1(O)CCCN(c2nc(OC[C@@]34CCCN3C[C@H](F)C4)nc3c(F)c(Br)ccc23)C1. The van der Waals surface area contributed by atoms with Crippen molar-refractivity contribution in [1.82, 2.24) is 14.9 Å². The highest BCUT2D eigenvalue weighted by Crippen LogP contribution is 2.41. The first-order chi connectivity index (χ1) is 14.8. The van der Waals surface area contributed by atoms with E-state index in [2.05, 4.69) is 30.8 Å². The van der Waals surface area contributed by atoms with Gasteiger partial charge in [-0.3, -0.25) is 4.90 Å². The molecule has 9 heteroatoms. The van der Waals surface area contributed by atoms with Gasteiger partial charge < -0.3 is 14.7 Å². The van der Waals surface area contributed by atoms with Crippen LogP contribution in [0.25, 0.3) is 10.9 Å². The van der Waals surface area contributed by atoms with Crippen LogP contribution >= 0.6 is 15.9 Å². The van der Waals surface area contributed by atoms with E-state index in [0.29, 0.717) is 48.2 Å². The zero-order valence-corrected chi connectivity index (χ0v) is 19.2. The van der Waals surface area contributed by atoms with Gasteiger partial charge in [-0.15, -0.1) is 0 Å². The van der Waals surface area contributed by atoms with Crippen LogP contribution in [0, 0.1) is 5.82 Å². The van der Waals surface area contributed by atoms with Gasteiger partial charge in [-0.25, -0.2) is 8.78 Å². The summed E-state index contributed by atoms with van der Waals surface area (Å²) in [6.07, 6.45) is 3.01. The number of hydrogen-bond donors (Lipinski definition) is 1. The standard InChI is InChI=1S/C22H27BrF2N4O2/c1-21(30)6-2-8-28(12-21)19-15-4-5-16(23)17(25)18(15)26-20(27-19)31-13-22-7-3-9-29(22)11-14(24)10-22/h4-5,14,30H,2-3,6-13H2,1H3/t14-,21-,22+/m1/s1. The van der Waals surface area contributed by atoms with Gasteiger partial charge in [0.1, 0.15) is 24.1 Å². The normalized spacial score (nSPS) is 31.4. The zero-order chi connectivity index (χ0) is 21.8. The van der Waals surface area contributed by atoms with Crippen molar-refractivity contribution in [2.75, 3.05) is 37.7 Å². The summed E-state index contributed by atoms with van der Waals surface area (Å²) in [5.41, 5.74) is -0.994. The molecule has 3 aliphatic rings. The fraction of sp³-hybridized carbons (Fsp3) is 0.636. The van der Waals surface area contributed by atoms with Crippen molar-refractivity contribution < 1.29 is 18.6 Å². The van der Waals surface area contributed by atoms with Gasteiger partial charge in [0, 0.05) is 31.4 Å². The Bertz CT molecular complexity index is 1010. The summed E-state index contributed by atoms with van der Waals surface area (Å²) in [7, 11) is 0. The molecular formula is C22H27BrF2N4O2. The maximum absolute atomic E-state index is 15.0. The van der Waals surface area contributed by atoms with Crippen molar-refractivity contribution >= 4 is 32.7 Å². The molecule has 3 aliphatic heterocycles. The third-order valence-corrected chi connectivity index (χ3v) is 7.54. The van der Waals surface area contributed by atoms with E-state index in [1.807, 2.05) is 4.90 Å². The van der Waals surface area contributed by atoms with E-state index in [0.717, 1.165) is 25.8 Å². The monoisotopic (exact) mass is 496 g/mol. The molecule has 1 aromatic carbocycles. The second-order valence-corrected chi connectivity index (χ2v) is 10.3. The van der Waals surface area contributed by atoms with E-state index in [-0.39, 0.29) is 23.7 Å². The Labute approximate surface area is 188 Å². The highest BCUT2D eigenvalue weighted by atomic mass is 79.9. The summed E-state index contributed by atoms with van der Waals surface area (Å²) in [5, 5.41) is 11.2. The number of anilines is 1. The molecule has 0 unspecified atom stereocenters. The molecule has 31 heavy (non-hydrogen) atoms. The van der Waals surface area contributed by atoms with Crippen LogP contribution in [0.5, 0.6) is 6.01 Å². The first-order valence-corrected chi connectivity index (χ1v) is 11.7. The van der Waals surface area contributed by atoms with Crippen LogP contribution in [0.3, 0.4) is 0 Å². The van der Waals surface area contributed by atoms with E-state index < -0.39 is 17.6 Å². The third kappa shape index (κ3) is 3.89. The predicted octanol–water partition coefficient (Wildman–Crippen LogP) is 3.84. The first-order valence-electron chi connectivity index (χ1n) is 10.9. The maximum atomic E-state index is 15.0. The Kier molecular flexibility index (Phi) is 5.34. The van der Waals surface area contributed by atoms with Crippen LogP contribution in [0.15, 0.2) is 16.6 Å². The van der Waals surface area contributed by atoms with Crippen molar-refractivity contribution in [3.05, 3.63) is 22.4 Å². The molecule has 2 aromatic rings. The van der Waals surface area contributed by atoms with Crippen molar-refractivity contribution in [2.24, 2.45) is 0 Å². The number of fused-ring (bicyclic) bond motifs is 2. The van der Waals surface area contributed by atoms with E-state index >= 15 is 0 Å². The molecule has 1 aromatic heterocycles. The number of benzene rings is 1. The van der Waals surface area contributed by atoms with Crippen molar-refractivity contribution in [1.29, 1.82) is 0 Å². The molecule has 0 radical (unpaired) electrons. The minimum absolute atomic E-state index is 0.0910. The molecule has 6 nitrogen and oxygen atoms in total. The Morgan fingerprint density at radius 1 is 1.26 bits per heavy atom. The maximum Gasteiger partial charge on any atom is 0.319 e. The molecule has 1 N–H and O–H groups in total. The molecule has 3 saturated heterocycles. The number of hydrogen-bond acceptors (Lipinski definition) is 6. The van der Waals surface area contributed by atoms with Gasteiger partial charge in [-0.2, -0.15) is 9.97 Å². The Morgan fingerprint density at radius 2 is 2.06 bits per heavy atom. The van der Waals surface area contributed by atoms with Crippen LogP contribution in [-0.4, -0.2) is 70.1 Å². The van der Waals surface area contributed by atoms with Gasteiger partial charge in [0.25, 0.3) is 0 Å². The summed E-state index contributed by atoms with van der Waals surface area (Å²) in [6.45, 7) is 4.51. The summed E-state index contributed by atoms with van der Waals surface area (Å²) in [4.78, 5) is 13.2. The van der Waals surface area contributed by atoms with E-state index in [1.54, 1.807) is 19.1 Å². The Morgan fingerprint density at radius 3 is 2.87 bits per heavy atom. The van der Waals surface area contributed by atoms with Gasteiger partial charge in [-0.05, 0) is 67.2 Å². The number of aliphatic hydroxyl groups is 1. The van der Waals surface area contributed by atoms with Gasteiger partial charge >= 0.3 is 6.01 Å². The molecule has 4 heterocycles. The Hall–Kier alpha value is -1.58. The topological polar surface area (TPSA) is 61.7 Å². The first kappa shape index (κ1) is 21.3. The smallest absolute Gasteiger partial charge is 0.319 e. The fourth-order valence-corrected chi connectivity index (χ4v) is 5.78. The molecule has 0 spiro atoms. The third-order valence-electron chi connectivity index (χ3n) is 6.92. The molecule has 5 rings (SSSR count). The minimum Gasteiger partial charge on any atom is -0.461 e. The molecule has 0 amide bonds. The number of halogens is 3. The number of piperidine rings is 1. The molecule has 0 bridgehead atoms. The second-order valence-electron chi connectivity index (χ2n) is 9.47. The lowest BCUT2D eigenvalue weighted by atomic mass is 9.95. The van der Waals surface area contributed by atoms with Crippen LogP contribution in [0.2, 0.25) is 0 Å². The average Bonchev–Trinajstić information content (AvgIpc) is 3.24. The molecular weight excluding hydrogens is 470 g/mol. The lowest BCUT2D eigenvalue weighted by Gasteiger charge is -2.38. The number of ether oxygens (including phenoxy) is 1. The number of rotatable bonds is 4. The van der Waals surface area contributed by atoms with Crippen molar-refractivity contribution in [2.45, 2.75) is 56.3 Å². The fourth-order valence-electron chi connectivity index (χ4n) is 5.46. The summed E-state index contributed by atoms with van der Waals surface area (Å²) < 4.78 is 35.4. The molecule has 0 aliphatic carbocycles. The highest BCUT2D eigenvalue weighted by Gasteiger charge is 2.49. The quantitative estimate of drug-likeness (QED) is 0.693. The van der Waals surface area contributed by atoms with Crippen molar-refractivity contribution in [3.8, 4) is 6.01 Å². The summed E-state index contributed by atoms with van der Waals surface area (Å²) in [5.74, 6) is 0.0852. The molecule has 0 saturated carbocycles. The van der Waals surface area contributed by atoms with E-state index in [9.17, 15) is 13.9 Å².